The molecule has 0 radical (unpaired) electrons. The van der Waals surface area contributed by atoms with Crippen molar-refractivity contribution < 1.29 is 5.11 Å². The highest BCUT2D eigenvalue weighted by molar-refractivity contribution is 6.30. The van der Waals surface area contributed by atoms with E-state index in [2.05, 4.69) is 4.98 Å². The molecule has 1 N–H and O–H groups in total. The van der Waals surface area contributed by atoms with E-state index < -0.39 is 0 Å². The highest BCUT2D eigenvalue weighted by atomic mass is 35.5. The minimum Gasteiger partial charge on any atom is -0.507 e. The van der Waals surface area contributed by atoms with Crippen molar-refractivity contribution in [1.82, 2.24) is 9.55 Å². The van der Waals surface area contributed by atoms with Gasteiger partial charge in [0.1, 0.15) is 5.75 Å². The van der Waals surface area contributed by atoms with E-state index in [1.807, 2.05) is 30.3 Å². The minimum absolute atomic E-state index is 0.0223. The third-order valence-corrected chi connectivity index (χ3v) is 4.82. The molecule has 0 aliphatic rings. The molecule has 4 rings (SSSR count). The zero-order chi connectivity index (χ0) is 19.5. The van der Waals surface area contributed by atoms with Gasteiger partial charge in [0.2, 0.25) is 0 Å². The fraction of sp³-hybridized carbons (Fsp3) is 0.0435. The molecule has 0 fully saturated rings. The van der Waals surface area contributed by atoms with Crippen LogP contribution in [0, 0.1) is 0 Å². The molecule has 0 unspecified atom stereocenters. The molecular weight excluding hydrogens is 372 g/mol. The minimum atomic E-state index is -0.266. The standard InChI is InChI=1S/C23H17ClN2O2/c24-18-6-8-19(9-7-18)26-21(17-10-12-25-13-11-17)15-22(27)20(23(26)28)14-16-4-2-1-3-5-16/h1-13,15,27H,14H2. The Morgan fingerprint density at radius 3 is 2.29 bits per heavy atom. The summed E-state index contributed by atoms with van der Waals surface area (Å²) in [6.07, 6.45) is 3.65. The van der Waals surface area contributed by atoms with Crippen LogP contribution in [-0.4, -0.2) is 14.7 Å². The fourth-order valence-electron chi connectivity index (χ4n) is 3.18. The van der Waals surface area contributed by atoms with Gasteiger partial charge in [-0.15, -0.1) is 0 Å². The van der Waals surface area contributed by atoms with Crippen molar-refractivity contribution >= 4 is 11.6 Å². The third-order valence-electron chi connectivity index (χ3n) is 4.57. The summed E-state index contributed by atoms with van der Waals surface area (Å²) in [5.74, 6) is -0.0223. The molecule has 5 heteroatoms. The second-order valence-electron chi connectivity index (χ2n) is 6.41. The summed E-state index contributed by atoms with van der Waals surface area (Å²) in [5.41, 5.74) is 3.08. The summed E-state index contributed by atoms with van der Waals surface area (Å²) in [4.78, 5) is 17.5. The number of hydrogen-bond donors (Lipinski definition) is 1. The Balaban J connectivity index is 1.95. The number of aromatic hydroxyl groups is 1. The second kappa shape index (κ2) is 7.71. The summed E-state index contributed by atoms with van der Waals surface area (Å²) in [5, 5.41) is 11.2. The summed E-state index contributed by atoms with van der Waals surface area (Å²) < 4.78 is 1.60. The largest absolute Gasteiger partial charge is 0.507 e. The monoisotopic (exact) mass is 388 g/mol. The van der Waals surface area contributed by atoms with E-state index in [-0.39, 0.29) is 11.3 Å². The van der Waals surface area contributed by atoms with E-state index in [0.717, 1.165) is 11.1 Å². The van der Waals surface area contributed by atoms with E-state index in [0.29, 0.717) is 28.4 Å². The molecule has 0 saturated heterocycles. The quantitative estimate of drug-likeness (QED) is 0.543. The summed E-state index contributed by atoms with van der Waals surface area (Å²) in [6.45, 7) is 0. The lowest BCUT2D eigenvalue weighted by Crippen LogP contribution is -2.24. The predicted molar refractivity (Wildman–Crippen MR) is 111 cm³/mol. The van der Waals surface area contributed by atoms with Crippen molar-refractivity contribution in [2.75, 3.05) is 0 Å². The SMILES string of the molecule is O=c1c(Cc2ccccc2)c(O)cc(-c2ccncc2)n1-c1ccc(Cl)cc1. The van der Waals surface area contributed by atoms with Crippen molar-refractivity contribution in [3.05, 3.63) is 112 Å². The zero-order valence-electron chi connectivity index (χ0n) is 14.9. The van der Waals surface area contributed by atoms with E-state index in [9.17, 15) is 9.90 Å². The Morgan fingerprint density at radius 2 is 1.61 bits per heavy atom. The number of halogens is 1. The maximum absolute atomic E-state index is 13.4. The van der Waals surface area contributed by atoms with Crippen LogP contribution in [0.4, 0.5) is 0 Å². The van der Waals surface area contributed by atoms with Crippen LogP contribution < -0.4 is 5.56 Å². The molecule has 0 amide bonds. The molecule has 0 aliphatic carbocycles. The van der Waals surface area contributed by atoms with E-state index in [1.54, 1.807) is 59.4 Å². The first-order valence-electron chi connectivity index (χ1n) is 8.81. The molecule has 0 spiro atoms. The molecule has 2 aromatic carbocycles. The maximum atomic E-state index is 13.4. The lowest BCUT2D eigenvalue weighted by molar-refractivity contribution is 0.466. The van der Waals surface area contributed by atoms with Gasteiger partial charge in [0.05, 0.1) is 11.3 Å². The van der Waals surface area contributed by atoms with Crippen LogP contribution in [-0.2, 0) is 6.42 Å². The van der Waals surface area contributed by atoms with Gasteiger partial charge < -0.3 is 5.11 Å². The maximum Gasteiger partial charge on any atom is 0.262 e. The van der Waals surface area contributed by atoms with Gasteiger partial charge in [0.25, 0.3) is 5.56 Å². The highest BCUT2D eigenvalue weighted by Crippen LogP contribution is 2.28. The van der Waals surface area contributed by atoms with E-state index in [1.165, 1.54) is 0 Å². The van der Waals surface area contributed by atoms with E-state index in [4.69, 9.17) is 11.6 Å². The van der Waals surface area contributed by atoms with E-state index >= 15 is 0 Å². The molecule has 0 aliphatic heterocycles. The van der Waals surface area contributed by atoms with Crippen LogP contribution in [0.2, 0.25) is 5.02 Å². The van der Waals surface area contributed by atoms with Crippen molar-refractivity contribution in [3.8, 4) is 22.7 Å². The van der Waals surface area contributed by atoms with Gasteiger partial charge in [-0.25, -0.2) is 0 Å². The number of aromatic nitrogens is 2. The Labute approximate surface area is 167 Å². The van der Waals surface area contributed by atoms with Crippen molar-refractivity contribution in [2.45, 2.75) is 6.42 Å². The van der Waals surface area contributed by atoms with Gasteiger partial charge in [-0.2, -0.15) is 0 Å². The van der Waals surface area contributed by atoms with Crippen LogP contribution >= 0.6 is 11.6 Å². The second-order valence-corrected chi connectivity index (χ2v) is 6.85. The molecule has 28 heavy (non-hydrogen) atoms. The fourth-order valence-corrected chi connectivity index (χ4v) is 3.31. The first-order chi connectivity index (χ1) is 13.6. The van der Waals surface area contributed by atoms with Gasteiger partial charge in [0.15, 0.2) is 0 Å². The number of pyridine rings is 2. The first kappa shape index (κ1) is 18.0. The van der Waals surface area contributed by atoms with Crippen LogP contribution in [0.1, 0.15) is 11.1 Å². The molecule has 2 heterocycles. The summed E-state index contributed by atoms with van der Waals surface area (Å²) in [6, 6.07) is 21.9. The van der Waals surface area contributed by atoms with Gasteiger partial charge in [-0.1, -0.05) is 41.9 Å². The molecule has 2 aromatic heterocycles. The number of benzene rings is 2. The predicted octanol–water partition coefficient (Wildman–Crippen LogP) is 4.85. The lowest BCUT2D eigenvalue weighted by Gasteiger charge is -2.16. The van der Waals surface area contributed by atoms with Gasteiger partial charge >= 0.3 is 0 Å². The molecule has 0 saturated carbocycles. The van der Waals surface area contributed by atoms with Crippen molar-refractivity contribution in [1.29, 1.82) is 0 Å². The summed E-state index contributed by atoms with van der Waals surface area (Å²) >= 11 is 6.02. The molecule has 0 bridgehead atoms. The average molecular weight is 389 g/mol. The normalized spacial score (nSPS) is 10.8. The smallest absolute Gasteiger partial charge is 0.262 e. The van der Waals surface area contributed by atoms with Gasteiger partial charge in [-0.05, 0) is 42.0 Å². The Kier molecular flexibility index (Phi) is 4.96. The Bertz CT molecular complexity index is 1160. The number of nitrogens with zero attached hydrogens (tertiary/aromatic N) is 2. The topological polar surface area (TPSA) is 55.1 Å². The number of rotatable bonds is 4. The van der Waals surface area contributed by atoms with Gasteiger partial charge in [-0.3, -0.25) is 14.3 Å². The summed E-state index contributed by atoms with van der Waals surface area (Å²) in [7, 11) is 0. The third kappa shape index (κ3) is 3.55. The first-order valence-corrected chi connectivity index (χ1v) is 9.19. The van der Waals surface area contributed by atoms with Crippen LogP contribution in [0.25, 0.3) is 16.9 Å². The van der Waals surface area contributed by atoms with Crippen molar-refractivity contribution in [3.63, 3.8) is 0 Å². The number of hydrogen-bond acceptors (Lipinski definition) is 3. The van der Waals surface area contributed by atoms with Crippen molar-refractivity contribution in [2.24, 2.45) is 0 Å². The molecule has 4 aromatic rings. The average Bonchev–Trinajstić information content (AvgIpc) is 2.73. The highest BCUT2D eigenvalue weighted by Gasteiger charge is 2.17. The lowest BCUT2D eigenvalue weighted by atomic mass is 10.0. The Hall–Kier alpha value is -3.37. The van der Waals surface area contributed by atoms with Gasteiger partial charge in [0, 0.05) is 41.2 Å². The molecular formula is C23H17ClN2O2. The molecule has 0 atom stereocenters. The van der Waals surface area contributed by atoms with Crippen LogP contribution in [0.3, 0.4) is 0 Å². The molecule has 138 valence electrons. The Morgan fingerprint density at radius 1 is 0.929 bits per heavy atom. The van der Waals surface area contributed by atoms with Crippen LogP contribution in [0.5, 0.6) is 5.75 Å². The van der Waals surface area contributed by atoms with Crippen LogP contribution in [0.15, 0.2) is 90.0 Å². The zero-order valence-corrected chi connectivity index (χ0v) is 15.7. The molecule has 4 nitrogen and oxygen atoms in total.